The number of nitrogens with one attached hydrogen (secondary N) is 4. The Bertz CT molecular complexity index is 1290. The molecule has 4 amide bonds. The van der Waals surface area contributed by atoms with Crippen LogP contribution < -0.4 is 21.3 Å². The molecule has 0 saturated heterocycles. The highest BCUT2D eigenvalue weighted by molar-refractivity contribution is 7.51. The van der Waals surface area contributed by atoms with E-state index in [1.54, 1.807) is 0 Å². The molecule has 0 aromatic heterocycles. The molecule has 3 rings (SSSR count). The highest BCUT2D eigenvalue weighted by Gasteiger charge is 2.74. The third kappa shape index (κ3) is 19.6. The van der Waals surface area contributed by atoms with Gasteiger partial charge in [-0.05, 0) is 38.5 Å². The van der Waals surface area contributed by atoms with Gasteiger partial charge in [-0.3, -0.25) is 23.7 Å². The monoisotopic (exact) mass is 810 g/mol. The summed E-state index contributed by atoms with van der Waals surface area (Å²) in [5, 5.41) is 11.5. The minimum absolute atomic E-state index is 0.0243. The standard InChI is InChI=1S/C38H59N4O13P/c1-5-17-49-23-26-52-20-14-39-32(43)8-11-37(12-9-33(44)40-15-21-53-27-24-50-18-6-2,13-10-34(45)41-16-22-54-28-25-51-19-7-3)42-35(46)36-29-38(30-36,31-36)55-56(4,47)48/h1-3H,8-31H2,4H3,(H,39,43)(H,40,44)(H,41,45)(H,42,46)(H,47,48). The number of ether oxygens (including phenoxy) is 6. The lowest BCUT2D eigenvalue weighted by atomic mass is 9.41. The summed E-state index contributed by atoms with van der Waals surface area (Å²) in [6.45, 7) is 4.91. The van der Waals surface area contributed by atoms with Crippen molar-refractivity contribution in [1.29, 1.82) is 0 Å². The van der Waals surface area contributed by atoms with Gasteiger partial charge in [0.25, 0.3) is 0 Å². The van der Waals surface area contributed by atoms with E-state index in [2.05, 4.69) is 39.0 Å². The first-order chi connectivity index (χ1) is 26.8. The predicted molar refractivity (Wildman–Crippen MR) is 205 cm³/mol. The quantitative estimate of drug-likeness (QED) is 0.0336. The molecule has 0 radical (unpaired) electrons. The van der Waals surface area contributed by atoms with Crippen LogP contribution in [0, 0.1) is 42.4 Å². The molecule has 0 heterocycles. The predicted octanol–water partition coefficient (Wildman–Crippen LogP) is 0.284. The lowest BCUT2D eigenvalue weighted by molar-refractivity contribution is -0.239. The fourth-order valence-electron chi connectivity index (χ4n) is 6.49. The van der Waals surface area contributed by atoms with E-state index < -0.39 is 24.2 Å². The summed E-state index contributed by atoms with van der Waals surface area (Å²) >= 11 is 0. The van der Waals surface area contributed by atoms with Gasteiger partial charge in [0.1, 0.15) is 19.8 Å². The topological polar surface area (TPSA) is 218 Å². The van der Waals surface area contributed by atoms with Gasteiger partial charge in [0, 0.05) is 51.1 Å². The van der Waals surface area contributed by atoms with E-state index in [-0.39, 0.29) is 141 Å². The van der Waals surface area contributed by atoms with Crippen LogP contribution in [0.25, 0.3) is 0 Å². The number of carbonyl (C=O) groups is 4. The maximum atomic E-state index is 13.9. The van der Waals surface area contributed by atoms with E-state index in [1.807, 2.05) is 0 Å². The van der Waals surface area contributed by atoms with Crippen molar-refractivity contribution in [3.63, 3.8) is 0 Å². The van der Waals surface area contributed by atoms with Gasteiger partial charge in [-0.1, -0.05) is 17.8 Å². The largest absolute Gasteiger partial charge is 0.377 e. The molecule has 0 spiro atoms. The number of hydrogen-bond donors (Lipinski definition) is 5. The van der Waals surface area contributed by atoms with Crippen molar-refractivity contribution in [1.82, 2.24) is 21.3 Å². The average Bonchev–Trinajstić information content (AvgIpc) is 3.12. The SMILES string of the molecule is C#CCOCCOCCNC(=O)CCC(CCC(=O)NCCOCCOCC#C)(CCC(=O)NCCOCCOCC#C)NC(=O)C12CC(OP(C)(=O)O)(C1)C2. The fraction of sp³-hybridized carbons (Fsp3) is 0.737. The molecule has 0 aromatic carbocycles. The highest BCUT2D eigenvalue weighted by Crippen LogP contribution is 2.72. The summed E-state index contributed by atoms with van der Waals surface area (Å²) in [7, 11) is -3.77. The third-order valence-corrected chi connectivity index (χ3v) is 9.80. The zero-order valence-electron chi connectivity index (χ0n) is 32.5. The minimum Gasteiger partial charge on any atom is -0.377 e. The van der Waals surface area contributed by atoms with E-state index in [0.29, 0.717) is 39.6 Å². The number of carbonyl (C=O) groups excluding carboxylic acids is 4. The van der Waals surface area contributed by atoms with E-state index >= 15 is 0 Å². The Morgan fingerprint density at radius 3 is 1.29 bits per heavy atom. The minimum atomic E-state index is -3.77. The molecule has 3 aliphatic rings. The van der Waals surface area contributed by atoms with Crippen LogP contribution in [-0.4, -0.2) is 145 Å². The van der Waals surface area contributed by atoms with Crippen LogP contribution in [0.2, 0.25) is 0 Å². The van der Waals surface area contributed by atoms with E-state index in [9.17, 15) is 28.6 Å². The molecular weight excluding hydrogens is 751 g/mol. The first kappa shape index (κ1) is 48.6. The first-order valence-electron chi connectivity index (χ1n) is 18.7. The smallest absolute Gasteiger partial charge is 0.325 e. The van der Waals surface area contributed by atoms with Crippen molar-refractivity contribution in [2.45, 2.75) is 68.9 Å². The molecule has 56 heavy (non-hydrogen) atoms. The fourth-order valence-corrected chi connectivity index (χ4v) is 7.40. The summed E-state index contributed by atoms with van der Waals surface area (Å²) in [5.74, 6) is 5.84. The summed E-state index contributed by atoms with van der Waals surface area (Å²) in [6, 6.07) is 0. The van der Waals surface area contributed by atoms with Crippen LogP contribution >= 0.6 is 7.60 Å². The Hall–Kier alpha value is -3.53. The number of hydrogen-bond acceptors (Lipinski definition) is 12. The Morgan fingerprint density at radius 1 is 0.625 bits per heavy atom. The van der Waals surface area contributed by atoms with Crippen molar-refractivity contribution in [3.05, 3.63) is 0 Å². The van der Waals surface area contributed by atoms with Crippen LogP contribution in [0.4, 0.5) is 0 Å². The second-order valence-corrected chi connectivity index (χ2v) is 15.6. The van der Waals surface area contributed by atoms with Gasteiger partial charge in [-0.15, -0.1) is 19.3 Å². The maximum absolute atomic E-state index is 13.9. The lowest BCUT2D eigenvalue weighted by Gasteiger charge is -2.68. The molecule has 17 nitrogen and oxygen atoms in total. The zero-order chi connectivity index (χ0) is 41.2. The zero-order valence-corrected chi connectivity index (χ0v) is 33.4. The maximum Gasteiger partial charge on any atom is 0.325 e. The normalized spacial score (nSPS) is 19.1. The molecule has 3 fully saturated rings. The molecule has 0 aromatic rings. The van der Waals surface area contributed by atoms with Gasteiger partial charge >= 0.3 is 7.60 Å². The molecular formula is C38H59N4O13P. The summed E-state index contributed by atoms with van der Waals surface area (Å²) in [6.07, 6.45) is 16.5. The van der Waals surface area contributed by atoms with Crippen molar-refractivity contribution >= 4 is 31.2 Å². The molecule has 18 heteroatoms. The summed E-state index contributed by atoms with van der Waals surface area (Å²) in [4.78, 5) is 62.8. The third-order valence-electron chi connectivity index (χ3n) is 9.07. The lowest BCUT2D eigenvalue weighted by Crippen LogP contribution is -2.74. The number of rotatable bonds is 34. The second kappa shape index (κ2) is 26.4. The molecule has 3 aliphatic carbocycles. The molecule has 0 aliphatic heterocycles. The molecule has 1 unspecified atom stereocenters. The van der Waals surface area contributed by atoms with Gasteiger partial charge in [0.05, 0.1) is 70.5 Å². The van der Waals surface area contributed by atoms with Crippen molar-refractivity contribution in [3.8, 4) is 37.0 Å². The van der Waals surface area contributed by atoms with Crippen LogP contribution in [-0.2, 0) is 56.7 Å². The van der Waals surface area contributed by atoms with Gasteiger partial charge in [-0.2, -0.15) is 0 Å². The van der Waals surface area contributed by atoms with Crippen LogP contribution in [0.15, 0.2) is 0 Å². The molecule has 314 valence electrons. The van der Waals surface area contributed by atoms with Gasteiger partial charge < -0.3 is 59.1 Å². The van der Waals surface area contributed by atoms with Gasteiger partial charge in [0.15, 0.2) is 0 Å². The first-order valence-corrected chi connectivity index (χ1v) is 20.8. The number of amides is 4. The van der Waals surface area contributed by atoms with Crippen LogP contribution in [0.3, 0.4) is 0 Å². The van der Waals surface area contributed by atoms with E-state index in [4.69, 9.17) is 52.2 Å². The van der Waals surface area contributed by atoms with Crippen molar-refractivity contribution in [2.24, 2.45) is 5.41 Å². The summed E-state index contributed by atoms with van der Waals surface area (Å²) < 4.78 is 49.2. The van der Waals surface area contributed by atoms with Crippen molar-refractivity contribution < 1.29 is 61.6 Å². The Kier molecular flexibility index (Phi) is 22.9. The van der Waals surface area contributed by atoms with E-state index in [0.717, 1.165) is 6.66 Å². The van der Waals surface area contributed by atoms with Gasteiger partial charge in [-0.25, -0.2) is 0 Å². The number of terminal acetylenes is 3. The molecule has 2 bridgehead atoms. The van der Waals surface area contributed by atoms with Crippen molar-refractivity contribution in [2.75, 3.05) is 106 Å². The average molecular weight is 811 g/mol. The Morgan fingerprint density at radius 2 is 0.964 bits per heavy atom. The van der Waals surface area contributed by atoms with Crippen LogP contribution in [0.5, 0.6) is 0 Å². The summed E-state index contributed by atoms with van der Waals surface area (Å²) in [5.41, 5.74) is -2.81. The highest BCUT2D eigenvalue weighted by atomic mass is 31.2. The molecule has 1 atom stereocenters. The Balaban J connectivity index is 2.08. The Labute approximate surface area is 330 Å². The van der Waals surface area contributed by atoms with Crippen LogP contribution in [0.1, 0.15) is 57.8 Å². The molecule has 5 N–H and O–H groups in total. The second-order valence-electron chi connectivity index (χ2n) is 13.8. The van der Waals surface area contributed by atoms with E-state index in [1.165, 1.54) is 0 Å². The molecule has 3 saturated carbocycles. The van der Waals surface area contributed by atoms with Gasteiger partial charge in [0.2, 0.25) is 23.6 Å².